The maximum Gasteiger partial charge on any atom is 0.296 e. The quantitative estimate of drug-likeness (QED) is 0.492. The van der Waals surface area contributed by atoms with Crippen molar-refractivity contribution in [2.75, 3.05) is 0 Å². The second-order valence-corrected chi connectivity index (χ2v) is 6.21. The van der Waals surface area contributed by atoms with Gasteiger partial charge in [-0.15, -0.1) is 0 Å². The summed E-state index contributed by atoms with van der Waals surface area (Å²) in [5, 5.41) is 0. The van der Waals surface area contributed by atoms with E-state index in [4.69, 9.17) is 0 Å². The lowest BCUT2D eigenvalue weighted by Gasteiger charge is -1.96. The zero-order valence-electron chi connectivity index (χ0n) is 11.1. The fourth-order valence-electron chi connectivity index (χ4n) is 2.39. The number of aromatic amines is 2. The van der Waals surface area contributed by atoms with Crippen molar-refractivity contribution in [3.05, 3.63) is 42.5 Å². The number of benzene rings is 2. The lowest BCUT2D eigenvalue weighted by Crippen LogP contribution is -1.98. The summed E-state index contributed by atoms with van der Waals surface area (Å²) in [6, 6.07) is 12.0. The molecule has 0 aliphatic carbocycles. The van der Waals surface area contributed by atoms with E-state index in [1.54, 1.807) is 6.07 Å². The van der Waals surface area contributed by atoms with E-state index in [2.05, 4.69) is 19.9 Å². The molecule has 7 nitrogen and oxygen atoms in total. The molecule has 0 spiro atoms. The van der Waals surface area contributed by atoms with Crippen LogP contribution in [0.3, 0.4) is 0 Å². The molecular formula is C14H10N4O3S. The minimum absolute atomic E-state index is 0.181. The number of para-hydroxylation sites is 3. The van der Waals surface area contributed by atoms with E-state index in [0.717, 1.165) is 11.0 Å². The van der Waals surface area contributed by atoms with Crippen LogP contribution < -0.4 is 0 Å². The molecule has 0 saturated carbocycles. The van der Waals surface area contributed by atoms with E-state index in [9.17, 15) is 13.0 Å². The van der Waals surface area contributed by atoms with Crippen molar-refractivity contribution in [2.24, 2.45) is 0 Å². The molecule has 0 aliphatic heterocycles. The van der Waals surface area contributed by atoms with Crippen molar-refractivity contribution in [2.45, 2.75) is 4.90 Å². The monoisotopic (exact) mass is 314 g/mol. The maximum atomic E-state index is 11.4. The second kappa shape index (κ2) is 4.39. The van der Waals surface area contributed by atoms with E-state index in [-0.39, 0.29) is 10.4 Å². The summed E-state index contributed by atoms with van der Waals surface area (Å²) in [5.74, 6) is 0.904. The molecule has 0 radical (unpaired) electrons. The zero-order chi connectivity index (χ0) is 15.3. The average Bonchev–Trinajstić information content (AvgIpc) is 3.09. The number of H-pyrrole nitrogens is 2. The number of fused-ring (bicyclic) bond motifs is 2. The zero-order valence-corrected chi connectivity index (χ0v) is 11.9. The van der Waals surface area contributed by atoms with Crippen molar-refractivity contribution in [1.29, 1.82) is 0 Å². The highest BCUT2D eigenvalue weighted by Gasteiger charge is 2.18. The fraction of sp³-hybridized carbons (Fsp3) is 0. The number of nitrogens with zero attached hydrogens (tertiary/aromatic N) is 2. The average molecular weight is 314 g/mol. The van der Waals surface area contributed by atoms with Crippen LogP contribution in [0.15, 0.2) is 47.4 Å². The van der Waals surface area contributed by atoms with Gasteiger partial charge in [-0.1, -0.05) is 18.2 Å². The van der Waals surface area contributed by atoms with Gasteiger partial charge < -0.3 is 9.97 Å². The summed E-state index contributed by atoms with van der Waals surface area (Å²) in [4.78, 5) is 14.6. The third kappa shape index (κ3) is 1.97. The van der Waals surface area contributed by atoms with Crippen LogP contribution in [0, 0.1) is 0 Å². The van der Waals surface area contributed by atoms with Crippen LogP contribution in [0.2, 0.25) is 0 Å². The number of aromatic nitrogens is 4. The Balaban J connectivity index is 1.96. The maximum absolute atomic E-state index is 11.4. The Morgan fingerprint density at radius 2 is 1.55 bits per heavy atom. The van der Waals surface area contributed by atoms with Gasteiger partial charge in [0.2, 0.25) is 0 Å². The molecule has 0 atom stereocenters. The van der Waals surface area contributed by atoms with Crippen LogP contribution in [0.25, 0.3) is 33.7 Å². The Labute approximate surface area is 124 Å². The van der Waals surface area contributed by atoms with Gasteiger partial charge in [-0.2, -0.15) is 8.42 Å². The predicted octanol–water partition coefficient (Wildman–Crippen LogP) is 2.35. The highest BCUT2D eigenvalue weighted by molar-refractivity contribution is 7.86. The summed E-state index contributed by atoms with van der Waals surface area (Å²) in [6.07, 6.45) is 0. The standard InChI is InChI=1S/C14H10N4O3S/c19-22(20,21)11-7-3-6-10-12(11)18-14(17-10)13-15-8-4-1-2-5-9(8)16-13/h1-7H,(H,15,16)(H,17,18)(H,19,20,21). The van der Waals surface area contributed by atoms with Gasteiger partial charge in [-0.25, -0.2) is 9.97 Å². The van der Waals surface area contributed by atoms with E-state index in [1.165, 1.54) is 12.1 Å². The SMILES string of the molecule is O=S(=O)(O)c1cccc2[nH]c(-c3nc4ccccc4[nH]3)nc12. The Hall–Kier alpha value is -2.71. The van der Waals surface area contributed by atoms with Gasteiger partial charge in [0.15, 0.2) is 11.6 Å². The smallest absolute Gasteiger partial charge is 0.296 e. The van der Waals surface area contributed by atoms with E-state index in [0.29, 0.717) is 17.2 Å². The van der Waals surface area contributed by atoms with E-state index < -0.39 is 10.1 Å². The van der Waals surface area contributed by atoms with Gasteiger partial charge in [0.05, 0.1) is 16.6 Å². The van der Waals surface area contributed by atoms with Crippen molar-refractivity contribution < 1.29 is 13.0 Å². The number of imidazole rings is 2. The lowest BCUT2D eigenvalue weighted by molar-refractivity contribution is 0.484. The normalized spacial score (nSPS) is 12.2. The lowest BCUT2D eigenvalue weighted by atomic mass is 10.3. The Morgan fingerprint density at radius 1 is 0.864 bits per heavy atom. The summed E-state index contributed by atoms with van der Waals surface area (Å²) in [5.41, 5.74) is 2.33. The number of nitrogens with one attached hydrogen (secondary N) is 2. The first-order valence-electron chi connectivity index (χ1n) is 6.44. The van der Waals surface area contributed by atoms with Crippen molar-refractivity contribution in [3.63, 3.8) is 0 Å². The van der Waals surface area contributed by atoms with Gasteiger partial charge in [0.25, 0.3) is 10.1 Å². The van der Waals surface area contributed by atoms with Crippen LogP contribution in [0.4, 0.5) is 0 Å². The topological polar surface area (TPSA) is 112 Å². The van der Waals surface area contributed by atoms with Gasteiger partial charge in [-0.05, 0) is 24.3 Å². The number of rotatable bonds is 2. The third-order valence-corrected chi connectivity index (χ3v) is 4.25. The molecule has 0 saturated heterocycles. The highest BCUT2D eigenvalue weighted by atomic mass is 32.2. The van der Waals surface area contributed by atoms with Gasteiger partial charge in [0, 0.05) is 0 Å². The molecule has 8 heteroatoms. The van der Waals surface area contributed by atoms with Crippen LogP contribution in [0.5, 0.6) is 0 Å². The minimum Gasteiger partial charge on any atom is -0.335 e. The van der Waals surface area contributed by atoms with Crippen molar-refractivity contribution in [1.82, 2.24) is 19.9 Å². The molecule has 4 rings (SSSR count). The van der Waals surface area contributed by atoms with Crippen molar-refractivity contribution in [3.8, 4) is 11.6 Å². The van der Waals surface area contributed by atoms with E-state index >= 15 is 0 Å². The Morgan fingerprint density at radius 3 is 2.32 bits per heavy atom. The summed E-state index contributed by atoms with van der Waals surface area (Å²) in [7, 11) is -4.34. The molecule has 22 heavy (non-hydrogen) atoms. The van der Waals surface area contributed by atoms with Crippen molar-refractivity contribution >= 4 is 32.2 Å². The fourth-order valence-corrected chi connectivity index (χ4v) is 3.04. The molecular weight excluding hydrogens is 304 g/mol. The van der Waals surface area contributed by atoms with Crippen LogP contribution in [-0.2, 0) is 10.1 Å². The summed E-state index contributed by atoms with van der Waals surface area (Å²) < 4.78 is 32.1. The number of hydrogen-bond donors (Lipinski definition) is 3. The molecule has 2 aromatic carbocycles. The van der Waals surface area contributed by atoms with Gasteiger partial charge in [-0.3, -0.25) is 4.55 Å². The first kappa shape index (κ1) is 13.0. The molecule has 0 amide bonds. The predicted molar refractivity (Wildman–Crippen MR) is 81.0 cm³/mol. The van der Waals surface area contributed by atoms with E-state index in [1.807, 2.05) is 24.3 Å². The first-order valence-corrected chi connectivity index (χ1v) is 7.88. The number of hydrogen-bond acceptors (Lipinski definition) is 4. The molecule has 3 N–H and O–H groups in total. The Bertz CT molecular complexity index is 1080. The first-order chi connectivity index (χ1) is 10.5. The molecule has 2 heterocycles. The molecule has 0 aliphatic rings. The molecule has 4 aromatic rings. The Kier molecular flexibility index (Phi) is 2.59. The largest absolute Gasteiger partial charge is 0.335 e. The van der Waals surface area contributed by atoms with Crippen LogP contribution in [-0.4, -0.2) is 32.9 Å². The molecule has 0 bridgehead atoms. The van der Waals surface area contributed by atoms with Gasteiger partial charge >= 0.3 is 0 Å². The second-order valence-electron chi connectivity index (χ2n) is 4.82. The molecule has 2 aromatic heterocycles. The molecule has 110 valence electrons. The van der Waals surface area contributed by atoms with Crippen LogP contribution >= 0.6 is 0 Å². The van der Waals surface area contributed by atoms with Gasteiger partial charge in [0.1, 0.15) is 10.4 Å². The summed E-state index contributed by atoms with van der Waals surface area (Å²) >= 11 is 0. The third-order valence-electron chi connectivity index (χ3n) is 3.37. The van der Waals surface area contributed by atoms with Crippen LogP contribution in [0.1, 0.15) is 0 Å². The molecule has 0 unspecified atom stereocenters. The summed E-state index contributed by atoms with van der Waals surface area (Å²) in [6.45, 7) is 0. The minimum atomic E-state index is -4.34. The highest BCUT2D eigenvalue weighted by Crippen LogP contribution is 2.25. The molecule has 0 fully saturated rings.